The van der Waals surface area contributed by atoms with Crippen LogP contribution in [0.2, 0.25) is 0 Å². The van der Waals surface area contributed by atoms with E-state index >= 15 is 0 Å². The Morgan fingerprint density at radius 2 is 1.94 bits per heavy atom. The third-order valence-corrected chi connectivity index (χ3v) is 2.78. The summed E-state index contributed by atoms with van der Waals surface area (Å²) in [5.74, 6) is -1.67. The smallest absolute Gasteiger partial charge is 0.317 e. The highest BCUT2D eigenvalue weighted by molar-refractivity contribution is 5.79. The van der Waals surface area contributed by atoms with Gasteiger partial charge in [-0.15, -0.1) is 0 Å². The summed E-state index contributed by atoms with van der Waals surface area (Å²) in [4.78, 5) is 24.2. The molecule has 0 aromatic heterocycles. The Balaban J connectivity index is 2.66. The first kappa shape index (κ1) is 14.0. The van der Waals surface area contributed by atoms with E-state index in [1.807, 2.05) is 13.0 Å². The molecular weight excluding hydrogens is 232 g/mol. The fourth-order valence-electron chi connectivity index (χ4n) is 1.50. The van der Waals surface area contributed by atoms with Crippen molar-refractivity contribution < 1.29 is 14.7 Å². The van der Waals surface area contributed by atoms with Crippen molar-refractivity contribution >= 4 is 12.0 Å². The van der Waals surface area contributed by atoms with E-state index in [1.54, 1.807) is 31.3 Å². The van der Waals surface area contributed by atoms with E-state index in [1.165, 1.54) is 4.90 Å². The molecule has 0 saturated carbocycles. The van der Waals surface area contributed by atoms with Gasteiger partial charge in [-0.2, -0.15) is 0 Å². The number of nitrogens with zero attached hydrogens (tertiary/aromatic N) is 1. The molecule has 5 nitrogen and oxygen atoms in total. The molecule has 0 aliphatic carbocycles. The minimum atomic E-state index is -0.944. The van der Waals surface area contributed by atoms with Crippen LogP contribution in [0.4, 0.5) is 4.79 Å². The zero-order chi connectivity index (χ0) is 13.5. The molecule has 2 amide bonds. The standard InChI is InChI=1S/C13H18N2O3/c1-3-15(2)13(18)14-9-11(12(16)17)10-7-5-4-6-8-10/h4-8,11H,3,9H2,1-2H3,(H,14,18)(H,16,17). The van der Waals surface area contributed by atoms with E-state index in [9.17, 15) is 14.7 Å². The van der Waals surface area contributed by atoms with Crippen molar-refractivity contribution in [1.82, 2.24) is 10.2 Å². The van der Waals surface area contributed by atoms with Crippen LogP contribution in [0.15, 0.2) is 30.3 Å². The second kappa shape index (κ2) is 6.64. The first-order valence-electron chi connectivity index (χ1n) is 5.83. The quantitative estimate of drug-likeness (QED) is 0.832. The van der Waals surface area contributed by atoms with Crippen molar-refractivity contribution in [3.63, 3.8) is 0 Å². The minimum Gasteiger partial charge on any atom is -0.481 e. The lowest BCUT2D eigenvalue weighted by atomic mass is 9.99. The third kappa shape index (κ3) is 3.76. The van der Waals surface area contributed by atoms with Crippen molar-refractivity contribution in [2.24, 2.45) is 0 Å². The molecular formula is C13H18N2O3. The van der Waals surface area contributed by atoms with Crippen LogP contribution in [0, 0.1) is 0 Å². The van der Waals surface area contributed by atoms with Crippen LogP contribution in [0.5, 0.6) is 0 Å². The van der Waals surface area contributed by atoms with Gasteiger partial charge in [0.2, 0.25) is 0 Å². The van der Waals surface area contributed by atoms with Gasteiger partial charge in [-0.25, -0.2) is 4.79 Å². The van der Waals surface area contributed by atoms with Gasteiger partial charge in [0.25, 0.3) is 0 Å². The minimum absolute atomic E-state index is 0.0858. The van der Waals surface area contributed by atoms with Crippen LogP contribution in [0.3, 0.4) is 0 Å². The molecule has 5 heteroatoms. The molecule has 1 aromatic carbocycles. The molecule has 0 aliphatic heterocycles. The molecule has 0 aliphatic rings. The van der Waals surface area contributed by atoms with Crippen molar-refractivity contribution in [1.29, 1.82) is 0 Å². The first-order valence-corrected chi connectivity index (χ1v) is 5.83. The highest BCUT2D eigenvalue weighted by Gasteiger charge is 2.20. The number of rotatable bonds is 5. The second-order valence-corrected chi connectivity index (χ2v) is 4.00. The maximum Gasteiger partial charge on any atom is 0.317 e. The average molecular weight is 250 g/mol. The van der Waals surface area contributed by atoms with Crippen molar-refractivity contribution in [3.05, 3.63) is 35.9 Å². The van der Waals surface area contributed by atoms with Crippen LogP contribution in [0.25, 0.3) is 0 Å². The van der Waals surface area contributed by atoms with E-state index in [2.05, 4.69) is 5.32 Å². The molecule has 0 radical (unpaired) electrons. The lowest BCUT2D eigenvalue weighted by Crippen LogP contribution is -2.40. The number of nitrogens with one attached hydrogen (secondary N) is 1. The van der Waals surface area contributed by atoms with E-state index in [4.69, 9.17) is 0 Å². The number of carboxylic acid groups (broad SMARTS) is 1. The van der Waals surface area contributed by atoms with E-state index in [0.717, 1.165) is 0 Å². The molecule has 0 saturated heterocycles. The van der Waals surface area contributed by atoms with Gasteiger partial charge in [-0.1, -0.05) is 30.3 Å². The number of urea groups is 1. The topological polar surface area (TPSA) is 69.6 Å². The fraction of sp³-hybridized carbons (Fsp3) is 0.385. The summed E-state index contributed by atoms with van der Waals surface area (Å²) in [5, 5.41) is 11.8. The number of carbonyl (C=O) groups is 2. The number of carboxylic acids is 1. The van der Waals surface area contributed by atoms with Gasteiger partial charge in [-0.3, -0.25) is 4.79 Å². The Hall–Kier alpha value is -2.04. The van der Waals surface area contributed by atoms with Gasteiger partial charge in [-0.05, 0) is 12.5 Å². The number of amides is 2. The summed E-state index contributed by atoms with van der Waals surface area (Å²) >= 11 is 0. The Morgan fingerprint density at radius 3 is 2.44 bits per heavy atom. The maximum atomic E-state index is 11.6. The molecule has 18 heavy (non-hydrogen) atoms. The molecule has 98 valence electrons. The van der Waals surface area contributed by atoms with Crippen molar-refractivity contribution in [2.75, 3.05) is 20.1 Å². The van der Waals surface area contributed by atoms with Gasteiger partial charge >= 0.3 is 12.0 Å². The molecule has 1 atom stereocenters. The lowest BCUT2D eigenvalue weighted by molar-refractivity contribution is -0.138. The predicted molar refractivity (Wildman–Crippen MR) is 68.5 cm³/mol. The monoisotopic (exact) mass is 250 g/mol. The summed E-state index contributed by atoms with van der Waals surface area (Å²) in [6, 6.07) is 8.62. The number of hydrogen-bond donors (Lipinski definition) is 2. The lowest BCUT2D eigenvalue weighted by Gasteiger charge is -2.18. The van der Waals surface area contributed by atoms with Crippen molar-refractivity contribution in [2.45, 2.75) is 12.8 Å². The molecule has 0 heterocycles. The summed E-state index contributed by atoms with van der Waals surface area (Å²) in [6.45, 7) is 2.52. The van der Waals surface area contributed by atoms with Gasteiger partial charge < -0.3 is 15.3 Å². The van der Waals surface area contributed by atoms with Gasteiger partial charge in [0.05, 0.1) is 5.92 Å². The number of carbonyl (C=O) groups excluding carboxylic acids is 1. The van der Waals surface area contributed by atoms with Crippen LogP contribution in [-0.2, 0) is 4.79 Å². The van der Waals surface area contributed by atoms with Crippen LogP contribution < -0.4 is 5.32 Å². The molecule has 1 unspecified atom stereocenters. The molecule has 1 aromatic rings. The third-order valence-electron chi connectivity index (χ3n) is 2.78. The maximum absolute atomic E-state index is 11.6. The normalized spacial score (nSPS) is 11.7. The van der Waals surface area contributed by atoms with Gasteiger partial charge in [0.15, 0.2) is 0 Å². The molecule has 0 fully saturated rings. The summed E-state index contributed by atoms with van der Waals surface area (Å²) in [5.41, 5.74) is 0.685. The second-order valence-electron chi connectivity index (χ2n) is 4.00. The van der Waals surface area contributed by atoms with Gasteiger partial charge in [0.1, 0.15) is 0 Å². The number of hydrogen-bond acceptors (Lipinski definition) is 2. The van der Waals surface area contributed by atoms with Crippen molar-refractivity contribution in [3.8, 4) is 0 Å². The number of aliphatic carboxylic acids is 1. The SMILES string of the molecule is CCN(C)C(=O)NCC(C(=O)O)c1ccccc1. The Labute approximate surface area is 106 Å². The van der Waals surface area contributed by atoms with Gasteiger partial charge in [0, 0.05) is 20.1 Å². The molecule has 1 rings (SSSR count). The fourth-order valence-corrected chi connectivity index (χ4v) is 1.50. The largest absolute Gasteiger partial charge is 0.481 e. The van der Waals surface area contributed by atoms with E-state index < -0.39 is 11.9 Å². The van der Waals surface area contributed by atoms with E-state index in [0.29, 0.717) is 12.1 Å². The zero-order valence-electron chi connectivity index (χ0n) is 10.6. The predicted octanol–water partition coefficient (Wildman–Crippen LogP) is 1.52. The van der Waals surface area contributed by atoms with Crippen LogP contribution in [0.1, 0.15) is 18.4 Å². The highest BCUT2D eigenvalue weighted by Crippen LogP contribution is 2.14. The summed E-state index contributed by atoms with van der Waals surface area (Å²) < 4.78 is 0. The highest BCUT2D eigenvalue weighted by atomic mass is 16.4. The average Bonchev–Trinajstić information content (AvgIpc) is 2.38. The zero-order valence-corrected chi connectivity index (χ0v) is 10.6. The molecule has 2 N–H and O–H groups in total. The first-order chi connectivity index (χ1) is 8.56. The summed E-state index contributed by atoms with van der Waals surface area (Å²) in [7, 11) is 1.66. The van der Waals surface area contributed by atoms with E-state index in [-0.39, 0.29) is 12.6 Å². The Kier molecular flexibility index (Phi) is 5.17. The Morgan fingerprint density at radius 1 is 1.33 bits per heavy atom. The molecule has 0 spiro atoms. The Bertz CT molecular complexity index is 406. The van der Waals surface area contributed by atoms with Crippen LogP contribution >= 0.6 is 0 Å². The van der Waals surface area contributed by atoms with Crippen LogP contribution in [-0.4, -0.2) is 42.1 Å². The molecule has 0 bridgehead atoms. The summed E-state index contributed by atoms with van der Waals surface area (Å²) in [6.07, 6.45) is 0. The number of benzene rings is 1.